The third kappa shape index (κ3) is 5.13. The second-order valence-corrected chi connectivity index (χ2v) is 7.68. The number of pyridine rings is 1. The molecule has 10 heteroatoms. The molecule has 29 heavy (non-hydrogen) atoms. The molecule has 0 amide bonds. The maximum absolute atomic E-state index is 6.26. The van der Waals surface area contributed by atoms with Crippen molar-refractivity contribution in [3.63, 3.8) is 0 Å². The average Bonchev–Trinajstić information content (AvgIpc) is 3.04. The first-order valence-electron chi connectivity index (χ1n) is 9.42. The maximum Gasteiger partial charge on any atom is 0.152 e. The Bertz CT molecular complexity index is 961. The molecule has 3 heterocycles. The second-order valence-electron chi connectivity index (χ2n) is 6.76. The van der Waals surface area contributed by atoms with Crippen molar-refractivity contribution in [2.75, 3.05) is 45.1 Å². The summed E-state index contributed by atoms with van der Waals surface area (Å²) in [4.78, 5) is 11.8. The molecule has 0 atom stereocenters. The molecule has 0 bridgehead atoms. The monoisotopic (exact) mass is 504 g/mol. The van der Waals surface area contributed by atoms with Crippen LogP contribution in [0.25, 0.3) is 21.9 Å². The quantitative estimate of drug-likeness (QED) is 0.535. The topological polar surface area (TPSA) is 81.2 Å². The number of hydrogen-bond acceptors (Lipinski definition) is 6. The molecule has 0 radical (unpaired) electrons. The van der Waals surface area contributed by atoms with Gasteiger partial charge in [0, 0.05) is 55.7 Å². The van der Waals surface area contributed by atoms with Gasteiger partial charge in [-0.15, -0.1) is 24.8 Å². The Morgan fingerprint density at radius 3 is 2.66 bits per heavy atom. The van der Waals surface area contributed by atoms with Crippen LogP contribution in [0.15, 0.2) is 22.7 Å². The minimum Gasteiger partial charge on any atom is -0.382 e. The van der Waals surface area contributed by atoms with Crippen LogP contribution in [-0.4, -0.2) is 58.8 Å². The van der Waals surface area contributed by atoms with Crippen LogP contribution in [0, 0.1) is 0 Å². The van der Waals surface area contributed by atoms with Gasteiger partial charge in [-0.3, -0.25) is 4.90 Å². The van der Waals surface area contributed by atoms with Crippen LogP contribution in [-0.2, 0) is 17.9 Å². The molecule has 0 spiro atoms. The second kappa shape index (κ2) is 10.7. The molecule has 3 aromatic rings. The molecule has 1 saturated heterocycles. The van der Waals surface area contributed by atoms with Gasteiger partial charge >= 0.3 is 0 Å². The fraction of sp³-hybridized carbons (Fsp3) is 0.474. The molecule has 4 rings (SSSR count). The predicted molar refractivity (Wildman–Crippen MR) is 126 cm³/mol. The Labute approximate surface area is 191 Å². The van der Waals surface area contributed by atoms with Crippen molar-refractivity contribution in [3.05, 3.63) is 28.5 Å². The van der Waals surface area contributed by atoms with Crippen molar-refractivity contribution in [3.8, 4) is 0 Å². The third-order valence-corrected chi connectivity index (χ3v) is 5.52. The molecule has 0 unspecified atom stereocenters. The van der Waals surface area contributed by atoms with Crippen LogP contribution < -0.4 is 11.1 Å². The summed E-state index contributed by atoms with van der Waals surface area (Å²) in [6, 6.07) is 6.12. The first kappa shape index (κ1) is 24.1. The number of ether oxygens (including phenoxy) is 1. The summed E-state index contributed by atoms with van der Waals surface area (Å²) in [7, 11) is 0. The zero-order chi connectivity index (χ0) is 18.8. The zero-order valence-corrected chi connectivity index (χ0v) is 19.6. The smallest absolute Gasteiger partial charge is 0.152 e. The number of nitrogens with two attached hydrogens (primary N) is 1. The lowest BCUT2D eigenvalue weighted by Crippen LogP contribution is -2.44. The summed E-state index contributed by atoms with van der Waals surface area (Å²) in [6.45, 7) is 9.20. The van der Waals surface area contributed by atoms with E-state index in [4.69, 9.17) is 15.5 Å². The number of benzene rings is 1. The number of fused-ring (bicyclic) bond motifs is 3. The third-order valence-electron chi connectivity index (χ3n) is 5.03. The van der Waals surface area contributed by atoms with Gasteiger partial charge in [0.15, 0.2) is 5.82 Å². The lowest BCUT2D eigenvalue weighted by molar-refractivity contribution is 0.125. The number of imidazole rings is 1. The van der Waals surface area contributed by atoms with Gasteiger partial charge in [-0.25, -0.2) is 9.97 Å². The molecular formula is C19H27BrCl2N6O. The van der Waals surface area contributed by atoms with Crippen molar-refractivity contribution in [1.82, 2.24) is 24.8 Å². The highest BCUT2D eigenvalue weighted by molar-refractivity contribution is 9.10. The van der Waals surface area contributed by atoms with Gasteiger partial charge in [0.05, 0.1) is 11.0 Å². The van der Waals surface area contributed by atoms with Gasteiger partial charge in [-0.2, -0.15) is 0 Å². The number of nitrogens with one attached hydrogen (secondary N) is 1. The van der Waals surface area contributed by atoms with Gasteiger partial charge in [0.2, 0.25) is 0 Å². The largest absolute Gasteiger partial charge is 0.382 e. The molecule has 160 valence electrons. The Kier molecular flexibility index (Phi) is 8.93. The van der Waals surface area contributed by atoms with E-state index in [-0.39, 0.29) is 24.8 Å². The zero-order valence-electron chi connectivity index (χ0n) is 16.4. The molecule has 1 fully saturated rings. The highest BCUT2D eigenvalue weighted by Gasteiger charge is 2.19. The number of nitrogen functional groups attached to an aromatic ring is 1. The van der Waals surface area contributed by atoms with Crippen LogP contribution in [0.4, 0.5) is 5.82 Å². The van der Waals surface area contributed by atoms with Gasteiger partial charge < -0.3 is 20.4 Å². The first-order chi connectivity index (χ1) is 13.2. The Morgan fingerprint density at radius 1 is 1.17 bits per heavy atom. The van der Waals surface area contributed by atoms with Gasteiger partial charge in [-0.05, 0) is 25.1 Å². The Balaban J connectivity index is 0.00000150. The summed E-state index contributed by atoms with van der Waals surface area (Å²) in [6.07, 6.45) is 0. The number of hydrogen-bond donors (Lipinski definition) is 2. The fourth-order valence-corrected chi connectivity index (χ4v) is 4.00. The normalized spacial score (nSPS) is 14.7. The van der Waals surface area contributed by atoms with Crippen LogP contribution >= 0.6 is 40.7 Å². The summed E-state index contributed by atoms with van der Waals surface area (Å²) >= 11 is 3.53. The van der Waals surface area contributed by atoms with E-state index in [1.54, 1.807) is 0 Å². The molecule has 1 aromatic carbocycles. The number of piperazine rings is 1. The fourth-order valence-electron chi connectivity index (χ4n) is 3.65. The first-order valence-corrected chi connectivity index (χ1v) is 10.2. The average molecular weight is 506 g/mol. The molecule has 7 nitrogen and oxygen atoms in total. The minimum absolute atomic E-state index is 0. The maximum atomic E-state index is 6.26. The minimum atomic E-state index is 0. The van der Waals surface area contributed by atoms with Crippen LogP contribution in [0.3, 0.4) is 0 Å². The number of halogens is 3. The summed E-state index contributed by atoms with van der Waals surface area (Å²) in [5.41, 5.74) is 8.95. The van der Waals surface area contributed by atoms with Crippen LogP contribution in [0.1, 0.15) is 12.7 Å². The predicted octanol–water partition coefficient (Wildman–Crippen LogP) is 3.21. The van der Waals surface area contributed by atoms with E-state index in [2.05, 4.69) is 41.8 Å². The number of anilines is 1. The van der Waals surface area contributed by atoms with E-state index in [9.17, 15) is 0 Å². The number of aromatic nitrogens is 3. The SMILES string of the molecule is CCOCc1nc2c(N)nc3cc(Br)ccc3c2n1CCN1CCNCC1.Cl.Cl. The van der Waals surface area contributed by atoms with Gasteiger partial charge in [-0.1, -0.05) is 15.9 Å². The Morgan fingerprint density at radius 2 is 1.93 bits per heavy atom. The number of nitrogens with zero attached hydrogens (tertiary/aromatic N) is 4. The molecule has 1 aliphatic rings. The highest BCUT2D eigenvalue weighted by Crippen LogP contribution is 2.30. The molecule has 1 aliphatic heterocycles. The van der Waals surface area contributed by atoms with Gasteiger partial charge in [0.1, 0.15) is 17.9 Å². The molecular weight excluding hydrogens is 479 g/mol. The van der Waals surface area contributed by atoms with Crippen molar-refractivity contribution >= 4 is 68.5 Å². The summed E-state index contributed by atoms with van der Waals surface area (Å²) in [5.74, 6) is 1.38. The van der Waals surface area contributed by atoms with E-state index < -0.39 is 0 Å². The standard InChI is InChI=1S/C19H25BrN6O.2ClH/c1-2-27-12-16-24-17-18(26(16)10-9-25-7-5-22-6-8-25)14-4-3-13(20)11-15(14)23-19(17)21;;/h3-4,11,22H,2,5-10,12H2,1H3,(H2,21,23);2*1H. The summed E-state index contributed by atoms with van der Waals surface area (Å²) in [5, 5.41) is 4.47. The van der Waals surface area contributed by atoms with E-state index in [0.717, 1.165) is 71.5 Å². The van der Waals surface area contributed by atoms with Crippen LogP contribution in [0.5, 0.6) is 0 Å². The van der Waals surface area contributed by atoms with E-state index in [1.165, 1.54) is 0 Å². The van der Waals surface area contributed by atoms with E-state index >= 15 is 0 Å². The highest BCUT2D eigenvalue weighted by atomic mass is 79.9. The lowest BCUT2D eigenvalue weighted by Gasteiger charge is -2.27. The lowest BCUT2D eigenvalue weighted by atomic mass is 10.2. The number of rotatable bonds is 6. The molecule has 0 aliphatic carbocycles. The molecule has 2 aromatic heterocycles. The van der Waals surface area contributed by atoms with E-state index in [1.807, 2.05) is 19.1 Å². The van der Waals surface area contributed by atoms with Crippen molar-refractivity contribution < 1.29 is 4.74 Å². The van der Waals surface area contributed by atoms with Crippen molar-refractivity contribution in [1.29, 1.82) is 0 Å². The molecule has 3 N–H and O–H groups in total. The summed E-state index contributed by atoms with van der Waals surface area (Å²) < 4.78 is 8.93. The van der Waals surface area contributed by atoms with Crippen LogP contribution in [0.2, 0.25) is 0 Å². The Hall–Kier alpha value is -1.16. The van der Waals surface area contributed by atoms with Crippen molar-refractivity contribution in [2.24, 2.45) is 0 Å². The van der Waals surface area contributed by atoms with Crippen molar-refractivity contribution in [2.45, 2.75) is 20.1 Å². The van der Waals surface area contributed by atoms with E-state index in [0.29, 0.717) is 19.0 Å². The van der Waals surface area contributed by atoms with Gasteiger partial charge in [0.25, 0.3) is 0 Å². The molecule has 0 saturated carbocycles.